The second-order valence-corrected chi connectivity index (χ2v) is 5.83. The standard InChI is InChI=1S/C16H25NO/c1-12-5-4-6-13(2)15(12)11-16(18)9-7-14(17-3)8-10-16/h4-6,14,17-18H,7-11H2,1-3H3. The van der Waals surface area contributed by atoms with Crippen LogP contribution in [0.5, 0.6) is 0 Å². The Morgan fingerprint density at radius 2 is 1.78 bits per heavy atom. The van der Waals surface area contributed by atoms with Crippen molar-refractivity contribution in [2.45, 2.75) is 57.6 Å². The Labute approximate surface area is 110 Å². The third-order valence-electron chi connectivity index (χ3n) is 4.47. The van der Waals surface area contributed by atoms with Gasteiger partial charge >= 0.3 is 0 Å². The summed E-state index contributed by atoms with van der Waals surface area (Å²) < 4.78 is 0. The zero-order valence-electron chi connectivity index (χ0n) is 11.8. The minimum atomic E-state index is -0.496. The van der Waals surface area contributed by atoms with E-state index in [1.54, 1.807) is 0 Å². The average Bonchev–Trinajstić information content (AvgIpc) is 2.35. The Kier molecular flexibility index (Phi) is 4.08. The van der Waals surface area contributed by atoms with E-state index < -0.39 is 5.60 Å². The molecule has 0 unspecified atom stereocenters. The van der Waals surface area contributed by atoms with Crippen LogP contribution < -0.4 is 5.32 Å². The summed E-state index contributed by atoms with van der Waals surface area (Å²) in [6.45, 7) is 4.29. The monoisotopic (exact) mass is 247 g/mol. The first-order valence-corrected chi connectivity index (χ1v) is 6.99. The molecule has 2 N–H and O–H groups in total. The summed E-state index contributed by atoms with van der Waals surface area (Å²) in [5, 5.41) is 14.1. The van der Waals surface area contributed by atoms with Crippen molar-refractivity contribution in [1.29, 1.82) is 0 Å². The van der Waals surface area contributed by atoms with Gasteiger partial charge in [-0.05, 0) is 63.3 Å². The predicted octanol–water partition coefficient (Wildman–Crippen LogP) is 2.74. The first kappa shape index (κ1) is 13.6. The van der Waals surface area contributed by atoms with Crippen LogP contribution >= 0.6 is 0 Å². The maximum absolute atomic E-state index is 10.8. The first-order chi connectivity index (χ1) is 8.54. The number of benzene rings is 1. The Bertz CT molecular complexity index is 385. The Morgan fingerprint density at radius 3 is 2.28 bits per heavy atom. The summed E-state index contributed by atoms with van der Waals surface area (Å²) in [4.78, 5) is 0. The van der Waals surface area contributed by atoms with Gasteiger partial charge in [-0.3, -0.25) is 0 Å². The summed E-state index contributed by atoms with van der Waals surface area (Å²) >= 11 is 0. The van der Waals surface area contributed by atoms with Crippen molar-refractivity contribution >= 4 is 0 Å². The minimum Gasteiger partial charge on any atom is -0.390 e. The molecule has 0 spiro atoms. The fourth-order valence-corrected chi connectivity index (χ4v) is 3.08. The van der Waals surface area contributed by atoms with Gasteiger partial charge in [0.2, 0.25) is 0 Å². The molecule has 1 aliphatic rings. The zero-order valence-corrected chi connectivity index (χ0v) is 11.8. The van der Waals surface area contributed by atoms with Gasteiger partial charge in [0.25, 0.3) is 0 Å². The molecule has 0 saturated heterocycles. The molecule has 1 aromatic carbocycles. The molecule has 0 amide bonds. The van der Waals surface area contributed by atoms with Crippen LogP contribution in [0.1, 0.15) is 42.4 Å². The van der Waals surface area contributed by atoms with E-state index in [0.717, 1.165) is 32.1 Å². The molecule has 18 heavy (non-hydrogen) atoms. The molecule has 2 rings (SSSR count). The number of rotatable bonds is 3. The highest BCUT2D eigenvalue weighted by Crippen LogP contribution is 2.33. The lowest BCUT2D eigenvalue weighted by Crippen LogP contribution is -2.41. The Balaban J connectivity index is 2.09. The average molecular weight is 247 g/mol. The predicted molar refractivity (Wildman–Crippen MR) is 75.9 cm³/mol. The van der Waals surface area contributed by atoms with Crippen LogP contribution in [0.2, 0.25) is 0 Å². The van der Waals surface area contributed by atoms with E-state index >= 15 is 0 Å². The third kappa shape index (κ3) is 2.93. The van der Waals surface area contributed by atoms with E-state index in [2.05, 4.69) is 37.4 Å². The number of aliphatic hydroxyl groups is 1. The lowest BCUT2D eigenvalue weighted by Gasteiger charge is -2.36. The highest BCUT2D eigenvalue weighted by Gasteiger charge is 2.33. The van der Waals surface area contributed by atoms with Gasteiger partial charge in [0.05, 0.1) is 5.60 Å². The van der Waals surface area contributed by atoms with Gasteiger partial charge in [0.15, 0.2) is 0 Å². The fraction of sp³-hybridized carbons (Fsp3) is 0.625. The summed E-state index contributed by atoms with van der Waals surface area (Å²) in [7, 11) is 2.01. The van der Waals surface area contributed by atoms with E-state index in [1.807, 2.05) is 7.05 Å². The number of hydrogen-bond acceptors (Lipinski definition) is 2. The summed E-state index contributed by atoms with van der Waals surface area (Å²) in [6, 6.07) is 6.97. The molecule has 2 heteroatoms. The SMILES string of the molecule is CNC1CCC(O)(Cc2c(C)cccc2C)CC1. The molecule has 1 aliphatic carbocycles. The molecular formula is C16H25NO. The molecule has 0 radical (unpaired) electrons. The van der Waals surface area contributed by atoms with Gasteiger partial charge in [-0.15, -0.1) is 0 Å². The summed E-state index contributed by atoms with van der Waals surface area (Å²) in [5.74, 6) is 0. The zero-order chi connectivity index (χ0) is 13.2. The van der Waals surface area contributed by atoms with Crippen molar-refractivity contribution in [3.8, 4) is 0 Å². The van der Waals surface area contributed by atoms with Crippen LogP contribution in [0.25, 0.3) is 0 Å². The lowest BCUT2D eigenvalue weighted by molar-refractivity contribution is -0.00267. The highest BCUT2D eigenvalue weighted by atomic mass is 16.3. The van der Waals surface area contributed by atoms with Crippen LogP contribution in [0.3, 0.4) is 0 Å². The van der Waals surface area contributed by atoms with E-state index in [1.165, 1.54) is 16.7 Å². The Morgan fingerprint density at radius 1 is 1.22 bits per heavy atom. The lowest BCUT2D eigenvalue weighted by atomic mass is 9.77. The maximum atomic E-state index is 10.8. The summed E-state index contributed by atoms with van der Waals surface area (Å²) in [5.41, 5.74) is 3.45. The van der Waals surface area contributed by atoms with Crippen molar-refractivity contribution in [2.24, 2.45) is 0 Å². The molecule has 0 aromatic heterocycles. The van der Waals surface area contributed by atoms with E-state index in [4.69, 9.17) is 0 Å². The van der Waals surface area contributed by atoms with Crippen molar-refractivity contribution in [3.05, 3.63) is 34.9 Å². The molecule has 0 bridgehead atoms. The molecule has 1 aromatic rings. The van der Waals surface area contributed by atoms with Gasteiger partial charge < -0.3 is 10.4 Å². The van der Waals surface area contributed by atoms with Crippen molar-refractivity contribution in [3.63, 3.8) is 0 Å². The van der Waals surface area contributed by atoms with Crippen LogP contribution in [-0.2, 0) is 6.42 Å². The second kappa shape index (κ2) is 5.41. The summed E-state index contributed by atoms with van der Waals surface area (Å²) in [6.07, 6.45) is 4.79. The molecule has 1 fully saturated rings. The van der Waals surface area contributed by atoms with Crippen LogP contribution in [0, 0.1) is 13.8 Å². The van der Waals surface area contributed by atoms with Crippen molar-refractivity contribution in [1.82, 2.24) is 5.32 Å². The molecule has 0 heterocycles. The van der Waals surface area contributed by atoms with Gasteiger partial charge in [0.1, 0.15) is 0 Å². The second-order valence-electron chi connectivity index (χ2n) is 5.83. The third-order valence-corrected chi connectivity index (χ3v) is 4.47. The Hall–Kier alpha value is -0.860. The van der Waals surface area contributed by atoms with Crippen LogP contribution in [-0.4, -0.2) is 23.8 Å². The normalized spacial score (nSPS) is 28.3. The van der Waals surface area contributed by atoms with E-state index in [9.17, 15) is 5.11 Å². The van der Waals surface area contributed by atoms with Gasteiger partial charge in [-0.25, -0.2) is 0 Å². The van der Waals surface area contributed by atoms with E-state index in [-0.39, 0.29) is 0 Å². The molecule has 2 nitrogen and oxygen atoms in total. The van der Waals surface area contributed by atoms with E-state index in [0.29, 0.717) is 6.04 Å². The fourth-order valence-electron chi connectivity index (χ4n) is 3.08. The van der Waals surface area contributed by atoms with Crippen LogP contribution in [0.15, 0.2) is 18.2 Å². The van der Waals surface area contributed by atoms with Gasteiger partial charge in [0, 0.05) is 12.5 Å². The van der Waals surface area contributed by atoms with Gasteiger partial charge in [-0.2, -0.15) is 0 Å². The highest BCUT2D eigenvalue weighted by molar-refractivity contribution is 5.34. The molecular weight excluding hydrogens is 222 g/mol. The minimum absolute atomic E-state index is 0.496. The topological polar surface area (TPSA) is 32.3 Å². The van der Waals surface area contributed by atoms with Gasteiger partial charge in [-0.1, -0.05) is 18.2 Å². The maximum Gasteiger partial charge on any atom is 0.0689 e. The first-order valence-electron chi connectivity index (χ1n) is 6.99. The number of nitrogens with one attached hydrogen (secondary N) is 1. The van der Waals surface area contributed by atoms with Crippen molar-refractivity contribution in [2.75, 3.05) is 7.05 Å². The van der Waals surface area contributed by atoms with Crippen LogP contribution in [0.4, 0.5) is 0 Å². The quantitative estimate of drug-likeness (QED) is 0.861. The van der Waals surface area contributed by atoms with Crippen molar-refractivity contribution < 1.29 is 5.11 Å². The molecule has 1 saturated carbocycles. The molecule has 0 atom stereocenters. The smallest absolute Gasteiger partial charge is 0.0689 e. The number of hydrogen-bond donors (Lipinski definition) is 2. The molecule has 0 aliphatic heterocycles. The number of aryl methyl sites for hydroxylation is 2. The molecule has 100 valence electrons. The largest absolute Gasteiger partial charge is 0.390 e.